The molecule has 0 bridgehead atoms. The summed E-state index contributed by atoms with van der Waals surface area (Å²) in [4.78, 5) is 16.6. The van der Waals surface area contributed by atoms with Gasteiger partial charge in [-0.05, 0) is 42.7 Å². The second-order valence-electron chi connectivity index (χ2n) is 5.49. The fraction of sp³-hybridized carbons (Fsp3) is 0.111. The molecule has 9 heteroatoms. The van der Waals surface area contributed by atoms with E-state index in [0.717, 1.165) is 23.0 Å². The van der Waals surface area contributed by atoms with Crippen LogP contribution in [0.1, 0.15) is 15.9 Å². The maximum atomic E-state index is 12.7. The van der Waals surface area contributed by atoms with Gasteiger partial charge in [-0.1, -0.05) is 23.9 Å². The number of benzene rings is 2. The van der Waals surface area contributed by atoms with Crippen molar-refractivity contribution in [2.75, 3.05) is 11.7 Å². The van der Waals surface area contributed by atoms with Gasteiger partial charge in [0.05, 0.1) is 11.3 Å². The molecule has 0 spiro atoms. The number of carbonyl (C=O) groups is 1. The van der Waals surface area contributed by atoms with Crippen LogP contribution in [-0.4, -0.2) is 21.7 Å². The van der Waals surface area contributed by atoms with Crippen molar-refractivity contribution in [3.05, 3.63) is 72.1 Å². The molecule has 3 aromatic rings. The zero-order chi connectivity index (χ0) is 19.4. The Kier molecular flexibility index (Phi) is 5.41. The third kappa shape index (κ3) is 4.43. The predicted molar refractivity (Wildman–Crippen MR) is 97.9 cm³/mol. The molecule has 27 heavy (non-hydrogen) atoms. The van der Waals surface area contributed by atoms with Gasteiger partial charge in [0.15, 0.2) is 5.16 Å². The maximum absolute atomic E-state index is 12.7. The summed E-state index contributed by atoms with van der Waals surface area (Å²) in [7, 11) is 0. The Morgan fingerprint density at radius 2 is 1.93 bits per heavy atom. The van der Waals surface area contributed by atoms with Crippen molar-refractivity contribution in [2.45, 2.75) is 11.3 Å². The standard InChI is InChI=1S/C18H15F3N4OS/c1-27-17-22-8-9-25(17)15-7-2-4-12(10-15)16(26)24-23-14-6-3-5-13(11-14)18(19,20)21/h2-11,23H,1H3,(H,24,26). The molecule has 0 aliphatic rings. The number of carbonyl (C=O) groups excluding carboxylic acids is 1. The van der Waals surface area contributed by atoms with Gasteiger partial charge in [-0.2, -0.15) is 13.2 Å². The van der Waals surface area contributed by atoms with E-state index in [1.807, 2.05) is 16.9 Å². The van der Waals surface area contributed by atoms with Crippen LogP contribution < -0.4 is 10.9 Å². The molecule has 0 radical (unpaired) electrons. The van der Waals surface area contributed by atoms with Gasteiger partial charge in [0, 0.05) is 23.6 Å². The summed E-state index contributed by atoms with van der Waals surface area (Å²) >= 11 is 1.47. The van der Waals surface area contributed by atoms with Crippen molar-refractivity contribution in [3.8, 4) is 5.69 Å². The Labute approximate surface area is 157 Å². The number of alkyl halides is 3. The number of thioether (sulfide) groups is 1. The minimum absolute atomic E-state index is 0.133. The number of anilines is 1. The first kappa shape index (κ1) is 18.8. The summed E-state index contributed by atoms with van der Waals surface area (Å²) in [5, 5.41) is 0.773. The smallest absolute Gasteiger partial charge is 0.298 e. The lowest BCUT2D eigenvalue weighted by molar-refractivity contribution is -0.137. The van der Waals surface area contributed by atoms with Crippen molar-refractivity contribution >= 4 is 23.4 Å². The highest BCUT2D eigenvalue weighted by atomic mass is 32.2. The average molecular weight is 392 g/mol. The first-order chi connectivity index (χ1) is 12.9. The number of imidazole rings is 1. The van der Waals surface area contributed by atoms with E-state index in [2.05, 4.69) is 15.8 Å². The minimum atomic E-state index is -4.45. The molecular formula is C18H15F3N4OS. The van der Waals surface area contributed by atoms with Crippen molar-refractivity contribution in [2.24, 2.45) is 0 Å². The number of halogens is 3. The molecule has 140 valence electrons. The van der Waals surface area contributed by atoms with Gasteiger partial charge in [-0.15, -0.1) is 0 Å². The number of hydrogen-bond donors (Lipinski definition) is 2. The fourth-order valence-electron chi connectivity index (χ4n) is 2.41. The van der Waals surface area contributed by atoms with Gasteiger partial charge in [0.2, 0.25) is 0 Å². The highest BCUT2D eigenvalue weighted by Crippen LogP contribution is 2.30. The molecular weight excluding hydrogens is 377 g/mol. The Bertz CT molecular complexity index is 956. The zero-order valence-corrected chi connectivity index (χ0v) is 14.9. The third-order valence-corrected chi connectivity index (χ3v) is 4.35. The van der Waals surface area contributed by atoms with Crippen molar-refractivity contribution in [3.63, 3.8) is 0 Å². The third-order valence-electron chi connectivity index (χ3n) is 3.69. The van der Waals surface area contributed by atoms with Crippen LogP contribution >= 0.6 is 11.8 Å². The fourth-order valence-corrected chi connectivity index (χ4v) is 2.94. The number of hydrazine groups is 1. The molecule has 1 aromatic heterocycles. The first-order valence-electron chi connectivity index (χ1n) is 7.80. The summed E-state index contributed by atoms with van der Waals surface area (Å²) < 4.78 is 40.1. The molecule has 0 saturated carbocycles. The van der Waals surface area contributed by atoms with E-state index in [1.165, 1.54) is 23.9 Å². The molecule has 0 saturated heterocycles. The zero-order valence-electron chi connectivity index (χ0n) is 14.1. The summed E-state index contributed by atoms with van der Waals surface area (Å²) in [6, 6.07) is 11.4. The largest absolute Gasteiger partial charge is 0.416 e. The average Bonchev–Trinajstić information content (AvgIpc) is 3.14. The van der Waals surface area contributed by atoms with Crippen LogP contribution in [-0.2, 0) is 6.18 Å². The van der Waals surface area contributed by atoms with Gasteiger partial charge < -0.3 is 0 Å². The van der Waals surface area contributed by atoms with E-state index < -0.39 is 17.6 Å². The van der Waals surface area contributed by atoms with Gasteiger partial charge in [0.25, 0.3) is 5.91 Å². The van der Waals surface area contributed by atoms with Crippen molar-refractivity contribution in [1.82, 2.24) is 15.0 Å². The lowest BCUT2D eigenvalue weighted by atomic mass is 10.2. The van der Waals surface area contributed by atoms with E-state index in [4.69, 9.17) is 0 Å². The molecule has 2 N–H and O–H groups in total. The number of aromatic nitrogens is 2. The Balaban J connectivity index is 1.73. The highest BCUT2D eigenvalue weighted by Gasteiger charge is 2.30. The summed E-state index contributed by atoms with van der Waals surface area (Å²) in [5.74, 6) is -0.472. The van der Waals surface area contributed by atoms with Gasteiger partial charge >= 0.3 is 6.18 Å². The highest BCUT2D eigenvalue weighted by molar-refractivity contribution is 7.98. The van der Waals surface area contributed by atoms with Crippen molar-refractivity contribution in [1.29, 1.82) is 0 Å². The molecule has 1 heterocycles. The topological polar surface area (TPSA) is 59.0 Å². The minimum Gasteiger partial charge on any atom is -0.298 e. The van der Waals surface area contributed by atoms with E-state index in [1.54, 1.807) is 30.6 Å². The molecule has 0 aliphatic carbocycles. The van der Waals surface area contributed by atoms with E-state index in [9.17, 15) is 18.0 Å². The van der Waals surface area contributed by atoms with Crippen LogP contribution in [0.2, 0.25) is 0 Å². The normalized spacial score (nSPS) is 11.3. The molecule has 3 rings (SSSR count). The molecule has 0 aliphatic heterocycles. The molecule has 0 fully saturated rings. The van der Waals surface area contributed by atoms with Crippen LogP contribution in [0.5, 0.6) is 0 Å². The molecule has 0 unspecified atom stereocenters. The number of nitrogens with zero attached hydrogens (tertiary/aromatic N) is 2. The van der Waals surface area contributed by atoms with E-state index in [-0.39, 0.29) is 5.69 Å². The summed E-state index contributed by atoms with van der Waals surface area (Å²) in [6.45, 7) is 0. The number of hydrogen-bond acceptors (Lipinski definition) is 4. The number of rotatable bonds is 5. The van der Waals surface area contributed by atoms with Gasteiger partial charge in [-0.3, -0.25) is 20.2 Å². The van der Waals surface area contributed by atoms with Crippen molar-refractivity contribution < 1.29 is 18.0 Å². The summed E-state index contributed by atoms with van der Waals surface area (Å²) in [5.41, 5.74) is 5.36. The molecule has 0 atom stereocenters. The van der Waals surface area contributed by atoms with Gasteiger partial charge in [0.1, 0.15) is 0 Å². The SMILES string of the molecule is CSc1nccn1-c1cccc(C(=O)NNc2cccc(C(F)(F)F)c2)c1. The Morgan fingerprint density at radius 3 is 2.67 bits per heavy atom. The quantitative estimate of drug-likeness (QED) is 0.500. The summed E-state index contributed by atoms with van der Waals surface area (Å²) in [6.07, 6.45) is 0.891. The van der Waals surface area contributed by atoms with Crippen LogP contribution in [0.15, 0.2) is 66.1 Å². The van der Waals surface area contributed by atoms with Crippen LogP contribution in [0.3, 0.4) is 0 Å². The second-order valence-corrected chi connectivity index (χ2v) is 6.27. The van der Waals surface area contributed by atoms with Crippen LogP contribution in [0.4, 0.5) is 18.9 Å². The van der Waals surface area contributed by atoms with Gasteiger partial charge in [-0.25, -0.2) is 4.98 Å². The second kappa shape index (κ2) is 7.75. The Hall–Kier alpha value is -2.94. The Morgan fingerprint density at radius 1 is 1.15 bits per heavy atom. The lowest BCUT2D eigenvalue weighted by Gasteiger charge is -2.12. The number of amides is 1. The molecule has 1 amide bonds. The van der Waals surface area contributed by atoms with Crippen LogP contribution in [0.25, 0.3) is 5.69 Å². The first-order valence-corrected chi connectivity index (χ1v) is 9.02. The van der Waals surface area contributed by atoms with E-state index in [0.29, 0.717) is 5.56 Å². The maximum Gasteiger partial charge on any atom is 0.416 e. The van der Waals surface area contributed by atoms with Crippen LogP contribution in [0, 0.1) is 0 Å². The predicted octanol–water partition coefficient (Wildman–Crippen LogP) is 4.37. The lowest BCUT2D eigenvalue weighted by Crippen LogP contribution is -2.29. The molecule has 2 aromatic carbocycles. The van der Waals surface area contributed by atoms with E-state index >= 15 is 0 Å². The molecule has 5 nitrogen and oxygen atoms in total. The number of nitrogens with one attached hydrogen (secondary N) is 2. The monoisotopic (exact) mass is 392 g/mol.